The predicted octanol–water partition coefficient (Wildman–Crippen LogP) is 3.20. The van der Waals surface area contributed by atoms with Gasteiger partial charge in [0.15, 0.2) is 6.10 Å². The highest BCUT2D eigenvalue weighted by Gasteiger charge is 2.37. The van der Waals surface area contributed by atoms with Crippen LogP contribution in [0, 0.1) is 0 Å². The molecule has 4 atom stereocenters. The number of hydrogen-bond donors (Lipinski definition) is 0. The van der Waals surface area contributed by atoms with Gasteiger partial charge in [-0.1, -0.05) is 36.7 Å². The van der Waals surface area contributed by atoms with Gasteiger partial charge in [-0.15, -0.1) is 0 Å². The smallest absolute Gasteiger partial charge is 0.358 e. The summed E-state index contributed by atoms with van der Waals surface area (Å²) in [6.07, 6.45) is 1.00. The Morgan fingerprint density at radius 2 is 1.75 bits per heavy atom. The van der Waals surface area contributed by atoms with Crippen molar-refractivity contribution in [3.05, 3.63) is 30.3 Å². The fourth-order valence-electron chi connectivity index (χ4n) is 2.80. The highest BCUT2D eigenvalue weighted by Crippen LogP contribution is 2.18. The number of thiocarbonyl (C=S) groups is 1. The van der Waals surface area contributed by atoms with E-state index in [-0.39, 0.29) is 18.6 Å². The third-order valence-electron chi connectivity index (χ3n) is 4.41. The monoisotopic (exact) mass is 473 g/mol. The van der Waals surface area contributed by atoms with Gasteiger partial charge in [0.05, 0.1) is 19.4 Å². The Labute approximate surface area is 195 Å². The normalized spacial score (nSPS) is 15.2. The van der Waals surface area contributed by atoms with Crippen molar-refractivity contribution < 1.29 is 38.0 Å². The Kier molecular flexibility index (Phi) is 15.6. The van der Waals surface area contributed by atoms with Crippen molar-refractivity contribution in [3.63, 3.8) is 0 Å². The average Bonchev–Trinajstić information content (AvgIpc) is 2.80. The summed E-state index contributed by atoms with van der Waals surface area (Å²) in [5.74, 6) is 0.561. The molecule has 10 heteroatoms. The van der Waals surface area contributed by atoms with Gasteiger partial charge in [-0.25, -0.2) is 0 Å². The van der Waals surface area contributed by atoms with Gasteiger partial charge in [0, 0.05) is 40.7 Å². The van der Waals surface area contributed by atoms with Gasteiger partial charge in [0.25, 0.3) is 0 Å². The molecule has 0 amide bonds. The zero-order chi connectivity index (χ0) is 23.6. The van der Waals surface area contributed by atoms with E-state index < -0.39 is 24.4 Å². The quantitative estimate of drug-likeness (QED) is 0.111. The van der Waals surface area contributed by atoms with Gasteiger partial charge in [-0.2, -0.15) is 0 Å². The second-order valence-corrected chi connectivity index (χ2v) is 6.97. The Morgan fingerprint density at radius 1 is 1.03 bits per heavy atom. The van der Waals surface area contributed by atoms with Gasteiger partial charge in [0.2, 0.25) is 6.79 Å². The highest BCUT2D eigenvalue weighted by atomic mass is 32.1. The standard InChI is InChI=1S/C22H35NO8S/c1-6-7-13-28-16-29-23-14-18(25-3)20(26-4)21(27-5)19(15-24-2)31-22(32)30-17-11-9-8-10-12-17/h8-12,14,18-21H,6-7,13,15-16H2,1-5H3/b23-14+/t18-,19+,20+,21+/m0/s1. The predicted molar refractivity (Wildman–Crippen MR) is 124 cm³/mol. The zero-order valence-electron chi connectivity index (χ0n) is 19.4. The van der Waals surface area contributed by atoms with E-state index in [0.29, 0.717) is 12.4 Å². The summed E-state index contributed by atoms with van der Waals surface area (Å²) >= 11 is 5.25. The van der Waals surface area contributed by atoms with E-state index in [1.54, 1.807) is 19.2 Å². The van der Waals surface area contributed by atoms with Crippen LogP contribution in [0.4, 0.5) is 0 Å². The number of unbranched alkanes of at least 4 members (excludes halogenated alkanes) is 1. The van der Waals surface area contributed by atoms with E-state index in [0.717, 1.165) is 12.8 Å². The largest absolute Gasteiger partial charge is 0.448 e. The maximum Gasteiger partial charge on any atom is 0.358 e. The Balaban J connectivity index is 2.78. The molecule has 0 aromatic heterocycles. The number of hydrogen-bond acceptors (Lipinski definition) is 10. The van der Waals surface area contributed by atoms with E-state index in [4.69, 9.17) is 50.2 Å². The molecule has 0 radical (unpaired) electrons. The van der Waals surface area contributed by atoms with Crippen molar-refractivity contribution in [2.45, 2.75) is 44.2 Å². The lowest BCUT2D eigenvalue weighted by atomic mass is 10.0. The summed E-state index contributed by atoms with van der Waals surface area (Å²) in [5, 5.41) is 3.85. The first-order chi connectivity index (χ1) is 15.6. The van der Waals surface area contributed by atoms with Crippen LogP contribution in [0.5, 0.6) is 5.75 Å². The van der Waals surface area contributed by atoms with Gasteiger partial charge < -0.3 is 38.0 Å². The molecule has 0 bridgehead atoms. The van der Waals surface area contributed by atoms with Gasteiger partial charge in [-0.3, -0.25) is 0 Å². The van der Waals surface area contributed by atoms with Crippen molar-refractivity contribution >= 4 is 23.7 Å². The van der Waals surface area contributed by atoms with Crippen LogP contribution < -0.4 is 4.74 Å². The van der Waals surface area contributed by atoms with E-state index in [2.05, 4.69) is 12.1 Å². The molecule has 0 heterocycles. The molecule has 32 heavy (non-hydrogen) atoms. The number of para-hydroxylation sites is 1. The maximum atomic E-state index is 5.83. The zero-order valence-corrected chi connectivity index (χ0v) is 20.2. The summed E-state index contributed by atoms with van der Waals surface area (Å²) < 4.78 is 38.9. The SMILES string of the molecule is CCCCOCO/N=C/[C@H](OC)[C@@H](OC)[C@H](OC)[C@@H](COC)OC(=S)Oc1ccccc1. The van der Waals surface area contributed by atoms with Gasteiger partial charge in [-0.05, 0) is 18.6 Å². The second kappa shape index (κ2) is 17.7. The molecule has 0 saturated heterocycles. The van der Waals surface area contributed by atoms with Gasteiger partial charge in [0.1, 0.15) is 24.1 Å². The second-order valence-electron chi connectivity index (χ2n) is 6.64. The molecule has 0 saturated carbocycles. The van der Waals surface area contributed by atoms with Crippen molar-refractivity contribution in [1.29, 1.82) is 0 Å². The molecule has 0 aliphatic heterocycles. The first-order valence-corrected chi connectivity index (χ1v) is 10.8. The van der Waals surface area contributed by atoms with Crippen molar-refractivity contribution in [2.24, 2.45) is 5.16 Å². The van der Waals surface area contributed by atoms with Crippen LogP contribution >= 0.6 is 12.2 Å². The molecule has 1 rings (SSSR count). The number of rotatable bonds is 17. The molecular formula is C22H35NO8S. The van der Waals surface area contributed by atoms with E-state index >= 15 is 0 Å². The van der Waals surface area contributed by atoms with Crippen LogP contribution in [0.2, 0.25) is 0 Å². The molecule has 0 unspecified atom stereocenters. The minimum atomic E-state index is -0.643. The number of benzene rings is 1. The first-order valence-electron chi connectivity index (χ1n) is 10.3. The topological polar surface area (TPSA) is 86.2 Å². The molecule has 0 aliphatic carbocycles. The minimum absolute atomic E-state index is 0.0544. The molecule has 0 aliphatic rings. The van der Waals surface area contributed by atoms with Crippen molar-refractivity contribution in [1.82, 2.24) is 0 Å². The van der Waals surface area contributed by atoms with Crippen LogP contribution in [-0.2, 0) is 33.3 Å². The maximum absolute atomic E-state index is 5.83. The number of oxime groups is 1. The molecule has 182 valence electrons. The van der Waals surface area contributed by atoms with Crippen LogP contribution in [0.15, 0.2) is 35.5 Å². The molecule has 0 spiro atoms. The molecule has 0 N–H and O–H groups in total. The first kappa shape index (κ1) is 28.2. The molecule has 1 aromatic rings. The summed E-state index contributed by atoms with van der Waals surface area (Å²) in [5.41, 5.74) is 0. The van der Waals surface area contributed by atoms with E-state index in [1.807, 2.05) is 18.2 Å². The van der Waals surface area contributed by atoms with Crippen LogP contribution in [-0.4, -0.2) is 84.3 Å². The fourth-order valence-corrected chi connectivity index (χ4v) is 3.02. The summed E-state index contributed by atoms with van der Waals surface area (Å²) in [6, 6.07) is 9.10. The Hall–Kier alpha value is -1.82. The van der Waals surface area contributed by atoms with E-state index in [1.165, 1.54) is 27.5 Å². The number of ether oxygens (including phenoxy) is 7. The van der Waals surface area contributed by atoms with Crippen molar-refractivity contribution in [2.75, 3.05) is 48.4 Å². The van der Waals surface area contributed by atoms with Crippen LogP contribution in [0.1, 0.15) is 19.8 Å². The Morgan fingerprint density at radius 3 is 2.34 bits per heavy atom. The summed E-state index contributed by atoms with van der Waals surface area (Å²) in [7, 11) is 6.15. The lowest BCUT2D eigenvalue weighted by Crippen LogP contribution is -2.51. The van der Waals surface area contributed by atoms with Crippen molar-refractivity contribution in [3.8, 4) is 5.75 Å². The Bertz CT molecular complexity index is 634. The minimum Gasteiger partial charge on any atom is -0.448 e. The number of nitrogens with zero attached hydrogens (tertiary/aromatic N) is 1. The van der Waals surface area contributed by atoms with Crippen LogP contribution in [0.3, 0.4) is 0 Å². The van der Waals surface area contributed by atoms with E-state index in [9.17, 15) is 0 Å². The van der Waals surface area contributed by atoms with Gasteiger partial charge >= 0.3 is 5.24 Å². The summed E-state index contributed by atoms with van der Waals surface area (Å²) in [6.45, 7) is 2.93. The lowest BCUT2D eigenvalue weighted by molar-refractivity contribution is -0.136. The molecule has 9 nitrogen and oxygen atoms in total. The summed E-state index contributed by atoms with van der Waals surface area (Å²) in [4.78, 5) is 5.13. The molecular weight excluding hydrogens is 438 g/mol. The third kappa shape index (κ3) is 10.7. The molecule has 1 aromatic carbocycles. The lowest BCUT2D eigenvalue weighted by Gasteiger charge is -2.33. The highest BCUT2D eigenvalue weighted by molar-refractivity contribution is 7.79. The number of methoxy groups -OCH3 is 4. The fraction of sp³-hybridized carbons (Fsp3) is 0.636. The third-order valence-corrected chi connectivity index (χ3v) is 4.59. The average molecular weight is 474 g/mol. The molecule has 0 fully saturated rings. The van der Waals surface area contributed by atoms with Crippen LogP contribution in [0.25, 0.3) is 0 Å².